The van der Waals surface area contributed by atoms with Crippen LogP contribution in [0, 0.1) is 5.92 Å². The lowest BCUT2D eigenvalue weighted by Gasteiger charge is -2.35. The van der Waals surface area contributed by atoms with Crippen LogP contribution < -0.4 is 5.32 Å². The van der Waals surface area contributed by atoms with Crippen molar-refractivity contribution in [1.29, 1.82) is 0 Å². The van der Waals surface area contributed by atoms with E-state index in [1.807, 2.05) is 23.0 Å². The molecule has 1 unspecified atom stereocenters. The fraction of sp³-hybridized carbons (Fsp3) is 0.526. The molecule has 1 amide bonds. The Kier molecular flexibility index (Phi) is 4.90. The second-order valence-corrected chi connectivity index (χ2v) is 7.49. The van der Waals surface area contributed by atoms with E-state index in [9.17, 15) is 13.6 Å². The molecule has 2 aromatic heterocycles. The number of carbonyl (C=O) groups excluding carboxylic acids is 1. The first-order chi connectivity index (χ1) is 13.0. The van der Waals surface area contributed by atoms with Gasteiger partial charge in [-0.1, -0.05) is 6.07 Å². The number of rotatable bonds is 6. The Hall–Kier alpha value is -2.35. The summed E-state index contributed by atoms with van der Waals surface area (Å²) in [5.74, 6) is -3.47. The highest BCUT2D eigenvalue weighted by Gasteiger charge is 2.48. The Labute approximate surface area is 156 Å². The first kappa shape index (κ1) is 18.0. The number of pyridine rings is 1. The van der Waals surface area contributed by atoms with Crippen LogP contribution in [0.4, 0.5) is 8.78 Å². The van der Waals surface area contributed by atoms with E-state index in [0.717, 1.165) is 30.9 Å². The topological polar surface area (TPSA) is 63.1 Å². The lowest BCUT2D eigenvalue weighted by molar-refractivity contribution is -0.150. The smallest absolute Gasteiger partial charge is 0.249 e. The third-order valence-electron chi connectivity index (χ3n) is 5.32. The fourth-order valence-electron chi connectivity index (χ4n) is 3.90. The average molecular weight is 375 g/mol. The molecule has 0 spiro atoms. The van der Waals surface area contributed by atoms with Crippen molar-refractivity contribution in [3.63, 3.8) is 0 Å². The van der Waals surface area contributed by atoms with Crippen LogP contribution in [-0.4, -0.2) is 44.6 Å². The summed E-state index contributed by atoms with van der Waals surface area (Å²) in [6, 6.07) is 6.14. The zero-order valence-corrected chi connectivity index (χ0v) is 15.0. The van der Waals surface area contributed by atoms with Crippen LogP contribution in [0.2, 0.25) is 0 Å². The zero-order valence-electron chi connectivity index (χ0n) is 15.0. The maximum absolute atomic E-state index is 12.9. The number of hydrogen-bond acceptors (Lipinski definition) is 4. The fourth-order valence-corrected chi connectivity index (χ4v) is 3.90. The molecule has 0 bridgehead atoms. The molecule has 0 saturated heterocycles. The normalized spacial score (nSPS) is 22.1. The zero-order chi connectivity index (χ0) is 18.9. The lowest BCUT2D eigenvalue weighted by atomic mass is 9.81. The van der Waals surface area contributed by atoms with Crippen LogP contribution in [-0.2, 0) is 17.9 Å². The number of nitrogens with one attached hydrogen (secondary N) is 1. The SMILES string of the molecule is O=C(NCCC1CN(Cc2cccnc2)Cc2ccnn21)C1CC(F)(F)C1. The number of hydrogen-bond donors (Lipinski definition) is 1. The van der Waals surface area contributed by atoms with Gasteiger partial charge in [0.25, 0.3) is 0 Å². The maximum atomic E-state index is 12.9. The summed E-state index contributed by atoms with van der Waals surface area (Å²) in [5, 5.41) is 7.24. The van der Waals surface area contributed by atoms with Gasteiger partial charge in [0.2, 0.25) is 11.8 Å². The largest absolute Gasteiger partial charge is 0.356 e. The van der Waals surface area contributed by atoms with E-state index in [0.29, 0.717) is 13.0 Å². The molecule has 144 valence electrons. The Morgan fingerprint density at radius 1 is 1.30 bits per heavy atom. The molecule has 1 atom stereocenters. The molecule has 6 nitrogen and oxygen atoms in total. The van der Waals surface area contributed by atoms with Crippen LogP contribution in [0.25, 0.3) is 0 Å². The van der Waals surface area contributed by atoms with Crippen molar-refractivity contribution in [1.82, 2.24) is 25.0 Å². The first-order valence-corrected chi connectivity index (χ1v) is 9.29. The minimum atomic E-state index is -2.66. The molecule has 0 radical (unpaired) electrons. The van der Waals surface area contributed by atoms with Crippen molar-refractivity contribution in [2.45, 2.75) is 44.3 Å². The van der Waals surface area contributed by atoms with Gasteiger partial charge in [0.05, 0.1) is 11.7 Å². The molecule has 2 aromatic rings. The molecule has 1 aliphatic heterocycles. The number of nitrogens with zero attached hydrogens (tertiary/aromatic N) is 4. The average Bonchev–Trinajstić information content (AvgIpc) is 3.09. The van der Waals surface area contributed by atoms with Gasteiger partial charge in [0, 0.05) is 63.5 Å². The number of fused-ring (bicyclic) bond motifs is 1. The molecule has 3 heterocycles. The summed E-state index contributed by atoms with van der Waals surface area (Å²) in [6.45, 7) is 2.90. The molecule has 8 heteroatoms. The summed E-state index contributed by atoms with van der Waals surface area (Å²) >= 11 is 0. The van der Waals surface area contributed by atoms with Gasteiger partial charge in [-0.05, 0) is 24.1 Å². The predicted molar refractivity (Wildman–Crippen MR) is 94.9 cm³/mol. The third kappa shape index (κ3) is 4.16. The summed E-state index contributed by atoms with van der Waals surface area (Å²) in [5.41, 5.74) is 2.29. The van der Waals surface area contributed by atoms with Crippen molar-refractivity contribution in [3.05, 3.63) is 48.0 Å². The highest BCUT2D eigenvalue weighted by atomic mass is 19.3. The summed E-state index contributed by atoms with van der Waals surface area (Å²) in [6.07, 6.45) is 5.49. The maximum Gasteiger partial charge on any atom is 0.249 e. The Morgan fingerprint density at radius 2 is 2.15 bits per heavy atom. The van der Waals surface area contributed by atoms with E-state index in [2.05, 4.69) is 26.4 Å². The van der Waals surface area contributed by atoms with Gasteiger partial charge in [-0.25, -0.2) is 8.78 Å². The Bertz CT molecular complexity index is 786. The second kappa shape index (κ2) is 7.34. The molecular formula is C19H23F2N5O. The molecule has 1 fully saturated rings. The number of alkyl halides is 2. The van der Waals surface area contributed by atoms with Crippen molar-refractivity contribution in [2.24, 2.45) is 5.92 Å². The summed E-state index contributed by atoms with van der Waals surface area (Å²) < 4.78 is 27.8. The van der Waals surface area contributed by atoms with Gasteiger partial charge in [-0.3, -0.25) is 19.4 Å². The van der Waals surface area contributed by atoms with Crippen molar-refractivity contribution in [2.75, 3.05) is 13.1 Å². The van der Waals surface area contributed by atoms with Gasteiger partial charge in [-0.2, -0.15) is 5.10 Å². The van der Waals surface area contributed by atoms with Crippen LogP contribution in [0.3, 0.4) is 0 Å². The van der Waals surface area contributed by atoms with Crippen LogP contribution in [0.1, 0.15) is 36.6 Å². The van der Waals surface area contributed by atoms with Gasteiger partial charge in [-0.15, -0.1) is 0 Å². The monoisotopic (exact) mass is 375 g/mol. The predicted octanol–water partition coefficient (Wildman–Crippen LogP) is 2.39. The Balaban J connectivity index is 1.32. The third-order valence-corrected chi connectivity index (χ3v) is 5.32. The molecule has 1 aliphatic carbocycles. The van der Waals surface area contributed by atoms with E-state index >= 15 is 0 Å². The van der Waals surface area contributed by atoms with Crippen LogP contribution in [0.15, 0.2) is 36.8 Å². The van der Waals surface area contributed by atoms with Gasteiger partial charge in [0.15, 0.2) is 0 Å². The highest BCUT2D eigenvalue weighted by molar-refractivity contribution is 5.79. The molecule has 1 N–H and O–H groups in total. The lowest BCUT2D eigenvalue weighted by Crippen LogP contribution is -2.45. The number of amides is 1. The highest BCUT2D eigenvalue weighted by Crippen LogP contribution is 2.42. The first-order valence-electron chi connectivity index (χ1n) is 9.29. The Morgan fingerprint density at radius 3 is 2.89 bits per heavy atom. The number of carbonyl (C=O) groups is 1. The van der Waals surface area contributed by atoms with E-state index in [4.69, 9.17) is 0 Å². The van der Waals surface area contributed by atoms with Gasteiger partial charge in [0.1, 0.15) is 0 Å². The van der Waals surface area contributed by atoms with E-state index in [1.165, 1.54) is 0 Å². The minimum absolute atomic E-state index is 0.142. The van der Waals surface area contributed by atoms with Crippen molar-refractivity contribution < 1.29 is 13.6 Å². The standard InChI is InChI=1S/C19H23F2N5O/c20-19(21)8-15(9-19)18(27)23-6-3-16-12-25(11-14-2-1-5-22-10-14)13-17-4-7-24-26(16)17/h1-2,4-5,7,10,15-16H,3,6,8-9,11-13H2,(H,23,27). The molecular weight excluding hydrogens is 352 g/mol. The second-order valence-electron chi connectivity index (χ2n) is 7.49. The number of halogens is 2. The van der Waals surface area contributed by atoms with Crippen LogP contribution >= 0.6 is 0 Å². The summed E-state index contributed by atoms with van der Waals surface area (Å²) in [7, 11) is 0. The number of aromatic nitrogens is 3. The molecule has 27 heavy (non-hydrogen) atoms. The quantitative estimate of drug-likeness (QED) is 0.842. The van der Waals surface area contributed by atoms with Gasteiger partial charge < -0.3 is 5.32 Å². The molecule has 1 saturated carbocycles. The minimum Gasteiger partial charge on any atom is -0.356 e. The van der Waals surface area contributed by atoms with Crippen molar-refractivity contribution >= 4 is 5.91 Å². The van der Waals surface area contributed by atoms with E-state index < -0.39 is 11.8 Å². The molecule has 0 aromatic carbocycles. The molecule has 2 aliphatic rings. The summed E-state index contributed by atoms with van der Waals surface area (Å²) in [4.78, 5) is 18.5. The van der Waals surface area contributed by atoms with Crippen molar-refractivity contribution in [3.8, 4) is 0 Å². The van der Waals surface area contributed by atoms with Crippen LogP contribution in [0.5, 0.6) is 0 Å². The van der Waals surface area contributed by atoms with Gasteiger partial charge >= 0.3 is 0 Å². The van der Waals surface area contributed by atoms with E-state index in [-0.39, 0.29) is 24.8 Å². The molecule has 4 rings (SSSR count). The van der Waals surface area contributed by atoms with E-state index in [1.54, 1.807) is 12.4 Å².